The average molecular weight is 1680 g/mol. The molecule has 13 nitrogen and oxygen atoms in total. The van der Waals surface area contributed by atoms with Crippen LogP contribution >= 0.6 is 0 Å². The Morgan fingerprint density at radius 3 is 0.664 bits per heavy atom. The fourth-order valence-electron chi connectivity index (χ4n) is 9.18. The van der Waals surface area contributed by atoms with Gasteiger partial charge in [0.05, 0.1) is 54.0 Å². The van der Waals surface area contributed by atoms with Crippen molar-refractivity contribution in [2.45, 2.75) is 352 Å². The molecule has 119 heavy (non-hydrogen) atoms. The van der Waals surface area contributed by atoms with Crippen molar-refractivity contribution >= 4 is 29.8 Å². The molecule has 0 saturated heterocycles. The number of ether oxygens (including phenoxy) is 7. The lowest BCUT2D eigenvalue weighted by Crippen LogP contribution is -2.29. The molecule has 0 aromatic heterocycles. The number of benzene rings is 5. The molecule has 0 aliphatic rings. The fraction of sp³-hybridized carbons (Fsp3) is 0.660. The summed E-state index contributed by atoms with van der Waals surface area (Å²) in [7, 11) is 4.58. The second kappa shape index (κ2) is 62.3. The lowest BCUT2D eigenvalue weighted by Gasteiger charge is -2.20. The van der Waals surface area contributed by atoms with E-state index in [0.717, 1.165) is 25.7 Å². The Hall–Kier alpha value is -6.88. The molecule has 0 aliphatic carbocycles. The molecule has 0 bridgehead atoms. The van der Waals surface area contributed by atoms with Gasteiger partial charge in [-0.1, -0.05) is 300 Å². The van der Waals surface area contributed by atoms with Crippen LogP contribution in [0.2, 0.25) is 0 Å². The van der Waals surface area contributed by atoms with Crippen LogP contribution in [0.15, 0.2) is 133 Å². The van der Waals surface area contributed by atoms with Crippen LogP contribution in [0.5, 0.6) is 0 Å². The van der Waals surface area contributed by atoms with Gasteiger partial charge in [-0.2, -0.15) is 13.2 Å². The Balaban J connectivity index is -0.000000406. The van der Waals surface area contributed by atoms with Crippen LogP contribution in [-0.4, -0.2) is 109 Å². The lowest BCUT2D eigenvalue weighted by atomic mass is 9.85. The van der Waals surface area contributed by atoms with Crippen molar-refractivity contribution in [3.05, 3.63) is 178 Å². The van der Waals surface area contributed by atoms with Crippen molar-refractivity contribution in [3.63, 3.8) is 0 Å². The first kappa shape index (κ1) is 121. The first-order valence-electron chi connectivity index (χ1n) is 43.7. The molecule has 5 aromatic carbocycles. The number of alkyl halides is 3. The summed E-state index contributed by atoms with van der Waals surface area (Å²) in [5, 5.41) is 8.38. The van der Waals surface area contributed by atoms with Crippen LogP contribution in [0.1, 0.15) is 374 Å². The van der Waals surface area contributed by atoms with Crippen LogP contribution in [0.3, 0.4) is 0 Å². The van der Waals surface area contributed by atoms with Gasteiger partial charge in [0, 0.05) is 14.2 Å². The normalized spacial score (nSPS) is 12.7. The van der Waals surface area contributed by atoms with E-state index in [-0.39, 0.29) is 69.6 Å². The Morgan fingerprint density at radius 2 is 0.496 bits per heavy atom. The van der Waals surface area contributed by atoms with E-state index in [1.54, 1.807) is 35.0 Å². The van der Waals surface area contributed by atoms with Gasteiger partial charge in [0.2, 0.25) is 0 Å². The van der Waals surface area contributed by atoms with Gasteiger partial charge in [-0.3, -0.25) is 24.0 Å². The summed E-state index contributed by atoms with van der Waals surface area (Å²) in [5.41, 5.74) is 10.0. The van der Waals surface area contributed by atoms with Crippen molar-refractivity contribution < 1.29 is 75.4 Å². The monoisotopic (exact) mass is 1680 g/mol. The van der Waals surface area contributed by atoms with E-state index in [9.17, 15) is 37.1 Å². The van der Waals surface area contributed by atoms with Gasteiger partial charge in [-0.05, 0) is 224 Å². The number of aliphatic hydroxyl groups excluding tert-OH is 1. The maximum absolute atomic E-state index is 11.6. The molecular weight excluding hydrogens is 1500 g/mol. The van der Waals surface area contributed by atoms with E-state index < -0.39 is 29.6 Å². The Bertz CT molecular complexity index is 3140. The van der Waals surface area contributed by atoms with Gasteiger partial charge in [-0.25, -0.2) is 0 Å². The largest absolute Gasteiger partial charge is 0.469 e. The number of halogens is 3. The van der Waals surface area contributed by atoms with E-state index in [1.165, 1.54) is 83.7 Å². The zero-order valence-electron chi connectivity index (χ0n) is 82.1. The average Bonchev–Trinajstić information content (AvgIpc) is 0.849. The van der Waals surface area contributed by atoms with Crippen molar-refractivity contribution in [2.75, 3.05) is 67.6 Å². The highest BCUT2D eigenvalue weighted by molar-refractivity contribution is 5.77. The first-order chi connectivity index (χ1) is 54.9. The maximum Gasteiger partial charge on any atom is 0.422 e. The van der Waals surface area contributed by atoms with Crippen LogP contribution in [-0.2, 0) is 73.4 Å². The molecule has 0 aliphatic heterocycles. The number of rotatable bonds is 29. The minimum Gasteiger partial charge on any atom is -0.469 e. The van der Waals surface area contributed by atoms with Crippen molar-refractivity contribution in [3.8, 4) is 0 Å². The molecule has 1 N–H and O–H groups in total. The standard InChI is InChI=1S/3C14H22.2C10H14.2C9H18O3.C8H13F3O2.C8H16O3.C7H14O2/c3*1-6-11(2)12-7-9-13(10-8-12)14(3,4)5;2*1-3-9(2)10-7-5-4-6-8-10;2*1-5-9(2,3)8(10)12-7-6-11-4;1-4-7(2,3)6(12)13-5-8(9,10)11;1-4-8(2,3)7(10)11-6-5-9;1-5-7(2,3)6(8)9-4/h3*7-11H,6H2,1-5H3;2*4-9H,3H2,1-2H3;2*5-7H2,1-4H3;4-5H2,1-3H3;9H,4-6H2,1-3H3;5H2,1-4H3. The Kier molecular flexibility index (Phi) is 63.1. The third kappa shape index (κ3) is 55.7. The summed E-state index contributed by atoms with van der Waals surface area (Å²) in [6, 6.07) is 48.5. The molecule has 16 heteroatoms. The predicted octanol–water partition coefficient (Wildman–Crippen LogP) is 28.2. The van der Waals surface area contributed by atoms with E-state index >= 15 is 0 Å². The molecule has 0 radical (unpaired) electrons. The summed E-state index contributed by atoms with van der Waals surface area (Å²) >= 11 is 0. The highest BCUT2D eigenvalue weighted by atomic mass is 19.4. The molecule has 0 fully saturated rings. The summed E-state index contributed by atoms with van der Waals surface area (Å²) in [5.74, 6) is 1.98. The number of carbonyl (C=O) groups excluding carboxylic acids is 5. The van der Waals surface area contributed by atoms with Gasteiger partial charge in [0.25, 0.3) is 0 Å². The predicted molar refractivity (Wildman–Crippen MR) is 495 cm³/mol. The zero-order chi connectivity index (χ0) is 93.4. The minimum atomic E-state index is -4.44. The summed E-state index contributed by atoms with van der Waals surface area (Å²) in [6.07, 6.45) is 5.25. The number of esters is 5. The van der Waals surface area contributed by atoms with E-state index in [4.69, 9.17) is 28.8 Å². The third-order valence-corrected chi connectivity index (χ3v) is 21.9. The van der Waals surface area contributed by atoms with Gasteiger partial charge in [0.15, 0.2) is 6.61 Å². The maximum atomic E-state index is 11.6. The number of hydrogen-bond acceptors (Lipinski definition) is 13. The summed E-state index contributed by atoms with van der Waals surface area (Å²) in [6.45, 7) is 70.5. The topological polar surface area (TPSA) is 170 Å². The second-order valence-corrected chi connectivity index (χ2v) is 37.0. The smallest absolute Gasteiger partial charge is 0.422 e. The van der Waals surface area contributed by atoms with Gasteiger partial charge in [0.1, 0.15) is 19.8 Å². The Morgan fingerprint density at radius 1 is 0.294 bits per heavy atom. The summed E-state index contributed by atoms with van der Waals surface area (Å²) in [4.78, 5) is 55.6. The Labute approximate surface area is 725 Å². The summed E-state index contributed by atoms with van der Waals surface area (Å²) < 4.78 is 67.8. The molecule has 5 atom stereocenters. The van der Waals surface area contributed by atoms with Gasteiger partial charge < -0.3 is 38.3 Å². The molecule has 0 amide bonds. The minimum absolute atomic E-state index is 0.0995. The molecular formula is C103H173F3O13. The zero-order valence-corrected chi connectivity index (χ0v) is 82.1. The van der Waals surface area contributed by atoms with Crippen LogP contribution < -0.4 is 0 Å². The highest BCUT2D eigenvalue weighted by Crippen LogP contribution is 2.31. The molecule has 5 aromatic rings. The SMILES string of the molecule is CCC(C)(C)C(=O)OC.CCC(C)(C)C(=O)OCC(F)(F)F.CCC(C)(C)C(=O)OCCO.CCC(C)(C)C(=O)OCCOC.CCC(C)(C)C(=O)OCCOC.CCC(C)c1ccc(C(C)(C)C)cc1.CCC(C)c1ccc(C(C)(C)C)cc1.CCC(C)c1ccc(C(C)(C)C)cc1.CCC(C)c1ccccc1.CCC(C)c1ccccc1. The van der Waals surface area contributed by atoms with Crippen LogP contribution in [0.4, 0.5) is 13.2 Å². The molecule has 0 saturated carbocycles. The van der Waals surface area contributed by atoms with Crippen molar-refractivity contribution in [1.29, 1.82) is 0 Å². The molecule has 5 unspecified atom stereocenters. The van der Waals surface area contributed by atoms with Crippen LogP contribution in [0.25, 0.3) is 0 Å². The molecule has 5 rings (SSSR count). The first-order valence-corrected chi connectivity index (χ1v) is 43.7. The van der Waals surface area contributed by atoms with Crippen molar-refractivity contribution in [2.24, 2.45) is 27.1 Å². The lowest BCUT2D eigenvalue weighted by molar-refractivity contribution is -0.192. The van der Waals surface area contributed by atoms with E-state index in [1.807, 2.05) is 83.1 Å². The molecule has 684 valence electrons. The third-order valence-electron chi connectivity index (χ3n) is 21.9. The number of aliphatic hydroxyl groups is 1. The van der Waals surface area contributed by atoms with Gasteiger partial charge >= 0.3 is 36.0 Å². The van der Waals surface area contributed by atoms with E-state index in [0.29, 0.717) is 62.4 Å². The molecule has 0 spiro atoms. The second-order valence-electron chi connectivity index (χ2n) is 37.0. The van der Waals surface area contributed by atoms with Crippen LogP contribution in [0, 0.1) is 27.1 Å². The number of carbonyl (C=O) groups is 5. The number of hydrogen-bond donors (Lipinski definition) is 1. The molecule has 0 heterocycles. The van der Waals surface area contributed by atoms with E-state index in [2.05, 4.69) is 274 Å². The highest BCUT2D eigenvalue weighted by Gasteiger charge is 2.35. The quantitative estimate of drug-likeness (QED) is 0.0273. The fourth-order valence-corrected chi connectivity index (χ4v) is 9.18. The van der Waals surface area contributed by atoms with Crippen molar-refractivity contribution in [1.82, 2.24) is 0 Å². The van der Waals surface area contributed by atoms with Gasteiger partial charge in [-0.15, -0.1) is 0 Å². The number of methoxy groups -OCH3 is 3.